The number of para-hydroxylation sites is 1. The number of aromatic nitrogens is 1. The normalized spacial score (nSPS) is 10.3. The summed E-state index contributed by atoms with van der Waals surface area (Å²) < 4.78 is 0. The lowest BCUT2D eigenvalue weighted by Gasteiger charge is -1.95. The molecule has 1 aromatic heterocycles. The first-order chi connectivity index (χ1) is 7.33. The van der Waals surface area contributed by atoms with E-state index >= 15 is 0 Å². The number of aromatic hydroxyl groups is 1. The average Bonchev–Trinajstić information content (AvgIpc) is 2.57. The number of nitriles is 1. The molecule has 0 atom stereocenters. The maximum absolute atomic E-state index is 9.87. The Kier molecular flexibility index (Phi) is 2.59. The van der Waals surface area contributed by atoms with Gasteiger partial charge in [0.2, 0.25) is 0 Å². The van der Waals surface area contributed by atoms with Crippen molar-refractivity contribution in [3.63, 3.8) is 0 Å². The zero-order valence-corrected chi connectivity index (χ0v) is 8.33. The van der Waals surface area contributed by atoms with E-state index in [0.717, 1.165) is 23.0 Å². The molecular formula is C12H12N2O. The van der Waals surface area contributed by atoms with E-state index < -0.39 is 0 Å². The molecule has 2 aromatic rings. The van der Waals surface area contributed by atoms with Crippen molar-refractivity contribution in [1.82, 2.24) is 4.98 Å². The summed E-state index contributed by atoms with van der Waals surface area (Å²) in [5, 5.41) is 19.2. The maximum Gasteiger partial charge on any atom is 0.144 e. The van der Waals surface area contributed by atoms with E-state index in [0.29, 0.717) is 18.6 Å². The Hall–Kier alpha value is -1.95. The van der Waals surface area contributed by atoms with Crippen LogP contribution in [0.2, 0.25) is 0 Å². The number of rotatable bonds is 3. The molecule has 0 aliphatic rings. The van der Waals surface area contributed by atoms with Crippen molar-refractivity contribution < 1.29 is 5.11 Å². The molecule has 1 heterocycles. The lowest BCUT2D eigenvalue weighted by atomic mass is 10.2. The fourth-order valence-corrected chi connectivity index (χ4v) is 1.71. The highest BCUT2D eigenvalue weighted by Gasteiger charge is 2.08. The van der Waals surface area contributed by atoms with Gasteiger partial charge in [-0.05, 0) is 25.0 Å². The number of aromatic amines is 1. The van der Waals surface area contributed by atoms with Gasteiger partial charge in [-0.3, -0.25) is 0 Å². The number of nitrogens with one attached hydrogen (secondary N) is 1. The van der Waals surface area contributed by atoms with Crippen LogP contribution in [0.5, 0.6) is 5.75 Å². The van der Waals surface area contributed by atoms with Gasteiger partial charge in [-0.1, -0.05) is 12.1 Å². The van der Waals surface area contributed by atoms with Crippen LogP contribution in [-0.4, -0.2) is 10.1 Å². The number of fused-ring (bicyclic) bond motifs is 1. The maximum atomic E-state index is 9.87. The molecule has 1 aromatic carbocycles. The van der Waals surface area contributed by atoms with Crippen LogP contribution in [0.4, 0.5) is 0 Å². The molecule has 2 N–H and O–H groups in total. The number of benzene rings is 1. The molecule has 15 heavy (non-hydrogen) atoms. The third kappa shape index (κ3) is 1.79. The molecule has 3 nitrogen and oxygen atoms in total. The largest absolute Gasteiger partial charge is 0.505 e. The molecule has 0 amide bonds. The molecule has 0 saturated carbocycles. The van der Waals surface area contributed by atoms with Gasteiger partial charge in [-0.2, -0.15) is 5.26 Å². The van der Waals surface area contributed by atoms with Gasteiger partial charge in [0, 0.05) is 17.3 Å². The van der Waals surface area contributed by atoms with E-state index in [-0.39, 0.29) is 0 Å². The van der Waals surface area contributed by atoms with E-state index in [9.17, 15) is 5.11 Å². The van der Waals surface area contributed by atoms with Gasteiger partial charge in [0.25, 0.3) is 0 Å². The first-order valence-corrected chi connectivity index (χ1v) is 4.98. The van der Waals surface area contributed by atoms with Crippen molar-refractivity contribution in [2.75, 3.05) is 0 Å². The fourth-order valence-electron chi connectivity index (χ4n) is 1.71. The Morgan fingerprint density at radius 2 is 2.13 bits per heavy atom. The number of H-pyrrole nitrogens is 1. The minimum atomic E-state index is 0.323. The molecule has 2 rings (SSSR count). The van der Waals surface area contributed by atoms with Gasteiger partial charge in [0.1, 0.15) is 5.75 Å². The Morgan fingerprint density at radius 3 is 2.87 bits per heavy atom. The van der Waals surface area contributed by atoms with Crippen LogP contribution in [0, 0.1) is 11.3 Å². The molecule has 3 heteroatoms. The lowest BCUT2D eigenvalue weighted by Crippen LogP contribution is -1.84. The highest BCUT2D eigenvalue weighted by molar-refractivity contribution is 5.87. The van der Waals surface area contributed by atoms with Crippen LogP contribution in [-0.2, 0) is 6.42 Å². The molecule has 0 saturated heterocycles. The first kappa shape index (κ1) is 9.60. The van der Waals surface area contributed by atoms with Crippen molar-refractivity contribution in [1.29, 1.82) is 5.26 Å². The quantitative estimate of drug-likeness (QED) is 0.748. The Labute approximate surface area is 88.0 Å². The lowest BCUT2D eigenvalue weighted by molar-refractivity contribution is 0.473. The standard InChI is InChI=1S/C12H12N2O/c13-8-4-3-7-11-12(15)9-5-1-2-6-10(9)14-11/h1-2,5-6,14-15H,3-4,7H2. The predicted octanol–water partition coefficient (Wildman–Crippen LogP) is 2.72. The molecule has 0 unspecified atom stereocenters. The summed E-state index contributed by atoms with van der Waals surface area (Å²) in [5.41, 5.74) is 1.77. The zero-order valence-electron chi connectivity index (χ0n) is 8.33. The third-order valence-electron chi connectivity index (χ3n) is 2.47. The van der Waals surface area contributed by atoms with Crippen LogP contribution < -0.4 is 0 Å². The van der Waals surface area contributed by atoms with Crippen LogP contribution >= 0.6 is 0 Å². The van der Waals surface area contributed by atoms with E-state index in [1.54, 1.807) is 0 Å². The highest BCUT2D eigenvalue weighted by atomic mass is 16.3. The second-order valence-corrected chi connectivity index (χ2v) is 3.51. The smallest absolute Gasteiger partial charge is 0.144 e. The number of hydrogen-bond donors (Lipinski definition) is 2. The second-order valence-electron chi connectivity index (χ2n) is 3.51. The predicted molar refractivity (Wildman–Crippen MR) is 58.5 cm³/mol. The zero-order chi connectivity index (χ0) is 10.7. The topological polar surface area (TPSA) is 59.8 Å². The van der Waals surface area contributed by atoms with Crippen molar-refractivity contribution in [3.05, 3.63) is 30.0 Å². The molecule has 0 spiro atoms. The number of aryl methyl sites for hydroxylation is 1. The van der Waals surface area contributed by atoms with Crippen LogP contribution in [0.15, 0.2) is 24.3 Å². The van der Waals surface area contributed by atoms with Crippen molar-refractivity contribution in [3.8, 4) is 11.8 Å². The Morgan fingerprint density at radius 1 is 1.33 bits per heavy atom. The van der Waals surface area contributed by atoms with E-state index in [1.165, 1.54) is 0 Å². The van der Waals surface area contributed by atoms with Crippen LogP contribution in [0.25, 0.3) is 10.9 Å². The summed E-state index contributed by atoms with van der Waals surface area (Å²) in [5.74, 6) is 0.323. The van der Waals surface area contributed by atoms with Crippen LogP contribution in [0.1, 0.15) is 18.5 Å². The Bertz CT molecular complexity index is 508. The summed E-state index contributed by atoms with van der Waals surface area (Å²) >= 11 is 0. The molecule has 0 aliphatic heterocycles. The second kappa shape index (κ2) is 4.05. The minimum Gasteiger partial charge on any atom is -0.505 e. The molecule has 0 aliphatic carbocycles. The molecular weight excluding hydrogens is 188 g/mol. The van der Waals surface area contributed by atoms with E-state index in [1.807, 2.05) is 24.3 Å². The van der Waals surface area contributed by atoms with Gasteiger partial charge >= 0.3 is 0 Å². The third-order valence-corrected chi connectivity index (χ3v) is 2.47. The molecule has 0 radical (unpaired) electrons. The SMILES string of the molecule is N#CCCCc1[nH]c2ccccc2c1O. The summed E-state index contributed by atoms with van der Waals surface area (Å²) in [6, 6.07) is 9.74. The van der Waals surface area contributed by atoms with Gasteiger partial charge in [-0.25, -0.2) is 0 Å². The van der Waals surface area contributed by atoms with Crippen molar-refractivity contribution >= 4 is 10.9 Å². The monoisotopic (exact) mass is 200 g/mol. The van der Waals surface area contributed by atoms with Crippen LogP contribution in [0.3, 0.4) is 0 Å². The molecule has 76 valence electrons. The number of hydrogen-bond acceptors (Lipinski definition) is 2. The summed E-state index contributed by atoms with van der Waals surface area (Å²) in [6.07, 6.45) is 2.01. The minimum absolute atomic E-state index is 0.323. The Balaban J connectivity index is 2.29. The van der Waals surface area contributed by atoms with Crippen molar-refractivity contribution in [2.24, 2.45) is 0 Å². The van der Waals surface area contributed by atoms with Gasteiger partial charge in [0.15, 0.2) is 0 Å². The van der Waals surface area contributed by atoms with Gasteiger partial charge in [-0.15, -0.1) is 0 Å². The summed E-state index contributed by atoms with van der Waals surface area (Å²) in [6.45, 7) is 0. The summed E-state index contributed by atoms with van der Waals surface area (Å²) in [4.78, 5) is 3.16. The molecule has 0 fully saturated rings. The fraction of sp³-hybridized carbons (Fsp3) is 0.250. The van der Waals surface area contributed by atoms with Gasteiger partial charge < -0.3 is 10.1 Å². The van der Waals surface area contributed by atoms with Crippen molar-refractivity contribution in [2.45, 2.75) is 19.3 Å². The first-order valence-electron chi connectivity index (χ1n) is 4.98. The summed E-state index contributed by atoms with van der Waals surface area (Å²) in [7, 11) is 0. The number of nitrogens with zero attached hydrogens (tertiary/aromatic N) is 1. The van der Waals surface area contributed by atoms with E-state index in [2.05, 4.69) is 11.1 Å². The van der Waals surface area contributed by atoms with E-state index in [4.69, 9.17) is 5.26 Å². The van der Waals surface area contributed by atoms with Gasteiger partial charge in [0.05, 0.1) is 11.8 Å². The highest BCUT2D eigenvalue weighted by Crippen LogP contribution is 2.29. The average molecular weight is 200 g/mol. The molecule has 0 bridgehead atoms. The number of unbranched alkanes of at least 4 members (excludes halogenated alkanes) is 1.